The lowest BCUT2D eigenvalue weighted by molar-refractivity contribution is -0.319. The van der Waals surface area contributed by atoms with Gasteiger partial charge in [-0.2, -0.15) is 0 Å². The van der Waals surface area contributed by atoms with Gasteiger partial charge in [0.2, 0.25) is 0 Å². The van der Waals surface area contributed by atoms with Gasteiger partial charge in [-0.1, -0.05) is 92.4 Å². The average molecular weight is 407 g/mol. The maximum absolute atomic E-state index is 8.97. The van der Waals surface area contributed by atoms with E-state index >= 15 is 0 Å². The SMILES string of the molecule is CC(C)CCCC(C)CCCC(C)CCCC(C)CC(O)(O)O.CC(O)CO. The molecule has 0 fully saturated rings. The molecule has 4 atom stereocenters. The molecule has 0 aromatic rings. The number of aliphatic hydroxyl groups excluding tert-OH is 2. The van der Waals surface area contributed by atoms with Crippen molar-refractivity contribution in [3.8, 4) is 0 Å². The van der Waals surface area contributed by atoms with Crippen molar-refractivity contribution in [2.24, 2.45) is 23.7 Å². The molecule has 0 saturated carbocycles. The molecule has 0 aliphatic carbocycles. The number of hydrogen-bond acceptors (Lipinski definition) is 5. The minimum Gasteiger partial charge on any atom is -0.394 e. The van der Waals surface area contributed by atoms with Crippen molar-refractivity contribution < 1.29 is 25.5 Å². The smallest absolute Gasteiger partial charge is 0.275 e. The molecule has 0 rings (SSSR count). The summed E-state index contributed by atoms with van der Waals surface area (Å²) in [6, 6.07) is 0. The predicted molar refractivity (Wildman–Crippen MR) is 117 cm³/mol. The molecule has 5 nitrogen and oxygen atoms in total. The molecule has 0 aromatic heterocycles. The van der Waals surface area contributed by atoms with Crippen LogP contribution in [0.4, 0.5) is 0 Å². The molecule has 0 heterocycles. The molecular formula is C23H50O5. The number of hydrogen-bond donors (Lipinski definition) is 5. The zero-order valence-electron chi connectivity index (χ0n) is 19.4. The monoisotopic (exact) mass is 406 g/mol. The Morgan fingerprint density at radius 1 is 0.607 bits per heavy atom. The molecule has 0 aliphatic rings. The first kappa shape index (κ1) is 30.0. The normalized spacial score (nSPS) is 16.3. The van der Waals surface area contributed by atoms with Crippen LogP contribution in [0.3, 0.4) is 0 Å². The van der Waals surface area contributed by atoms with E-state index < -0.39 is 12.1 Å². The fourth-order valence-electron chi connectivity index (χ4n) is 3.36. The quantitative estimate of drug-likeness (QED) is 0.259. The van der Waals surface area contributed by atoms with Crippen molar-refractivity contribution in [2.75, 3.05) is 6.61 Å². The van der Waals surface area contributed by atoms with E-state index in [-0.39, 0.29) is 18.9 Å². The van der Waals surface area contributed by atoms with Crippen LogP contribution in [-0.4, -0.2) is 44.2 Å². The van der Waals surface area contributed by atoms with Crippen LogP contribution in [-0.2, 0) is 0 Å². The first-order valence-electron chi connectivity index (χ1n) is 11.3. The molecule has 28 heavy (non-hydrogen) atoms. The predicted octanol–water partition coefficient (Wildman–Crippen LogP) is 4.44. The molecule has 0 amide bonds. The summed E-state index contributed by atoms with van der Waals surface area (Å²) in [7, 11) is 0. The minimum atomic E-state index is -2.50. The van der Waals surface area contributed by atoms with Crippen LogP contribution in [0.2, 0.25) is 0 Å². The molecule has 0 bridgehead atoms. The van der Waals surface area contributed by atoms with Gasteiger partial charge in [0.15, 0.2) is 0 Å². The Morgan fingerprint density at radius 3 is 1.21 bits per heavy atom. The summed E-state index contributed by atoms with van der Waals surface area (Å²) in [6.45, 7) is 12.7. The van der Waals surface area contributed by atoms with Crippen LogP contribution in [0.1, 0.15) is 106 Å². The summed E-state index contributed by atoms with van der Waals surface area (Å²) < 4.78 is 0. The van der Waals surface area contributed by atoms with Gasteiger partial charge < -0.3 is 25.5 Å². The topological polar surface area (TPSA) is 101 Å². The molecular weight excluding hydrogens is 356 g/mol. The molecule has 4 unspecified atom stereocenters. The van der Waals surface area contributed by atoms with Crippen molar-refractivity contribution in [1.82, 2.24) is 0 Å². The van der Waals surface area contributed by atoms with Gasteiger partial charge in [0.25, 0.3) is 5.97 Å². The number of rotatable bonds is 15. The zero-order chi connectivity index (χ0) is 22.2. The van der Waals surface area contributed by atoms with Crippen LogP contribution in [0.25, 0.3) is 0 Å². The highest BCUT2D eigenvalue weighted by Gasteiger charge is 2.21. The van der Waals surface area contributed by atoms with Crippen LogP contribution in [0.15, 0.2) is 0 Å². The lowest BCUT2D eigenvalue weighted by Crippen LogP contribution is -2.29. The second-order valence-electron chi connectivity index (χ2n) is 9.51. The zero-order valence-corrected chi connectivity index (χ0v) is 19.4. The van der Waals surface area contributed by atoms with Crippen LogP contribution in [0, 0.1) is 23.7 Å². The van der Waals surface area contributed by atoms with Crippen molar-refractivity contribution in [3.05, 3.63) is 0 Å². The molecule has 0 aliphatic heterocycles. The van der Waals surface area contributed by atoms with Gasteiger partial charge in [-0.25, -0.2) is 0 Å². The molecule has 0 aromatic carbocycles. The van der Waals surface area contributed by atoms with E-state index in [1.165, 1.54) is 51.9 Å². The first-order chi connectivity index (χ1) is 12.9. The van der Waals surface area contributed by atoms with Gasteiger partial charge >= 0.3 is 0 Å². The van der Waals surface area contributed by atoms with E-state index in [1.54, 1.807) is 0 Å². The van der Waals surface area contributed by atoms with Gasteiger partial charge in [0, 0.05) is 6.42 Å². The lowest BCUT2D eigenvalue weighted by atomic mass is 9.90. The summed E-state index contributed by atoms with van der Waals surface area (Å²) in [5.74, 6) is 0.0666. The molecule has 5 N–H and O–H groups in total. The second kappa shape index (κ2) is 17.6. The van der Waals surface area contributed by atoms with Gasteiger partial charge in [0.05, 0.1) is 12.7 Å². The van der Waals surface area contributed by atoms with Crippen LogP contribution in [0.5, 0.6) is 0 Å². The number of aliphatic hydroxyl groups is 5. The average Bonchev–Trinajstić information content (AvgIpc) is 2.53. The fraction of sp³-hybridized carbons (Fsp3) is 1.00. The van der Waals surface area contributed by atoms with Crippen molar-refractivity contribution in [3.63, 3.8) is 0 Å². The molecule has 5 heteroatoms. The highest BCUT2D eigenvalue weighted by molar-refractivity contribution is 4.62. The Kier molecular flexibility index (Phi) is 18.9. The summed E-state index contributed by atoms with van der Waals surface area (Å²) in [5, 5.41) is 42.9. The third-order valence-corrected chi connectivity index (χ3v) is 5.15. The van der Waals surface area contributed by atoms with E-state index in [9.17, 15) is 0 Å². The van der Waals surface area contributed by atoms with Gasteiger partial charge in [-0.05, 0) is 30.6 Å². The molecule has 0 spiro atoms. The van der Waals surface area contributed by atoms with Crippen LogP contribution >= 0.6 is 0 Å². The van der Waals surface area contributed by atoms with Crippen LogP contribution < -0.4 is 0 Å². The summed E-state index contributed by atoms with van der Waals surface area (Å²) in [4.78, 5) is 0. The Balaban J connectivity index is 0. The Labute approximate surface area is 174 Å². The first-order valence-corrected chi connectivity index (χ1v) is 11.3. The van der Waals surface area contributed by atoms with Crippen molar-refractivity contribution >= 4 is 0 Å². The van der Waals surface area contributed by atoms with E-state index in [4.69, 9.17) is 25.5 Å². The summed E-state index contributed by atoms with van der Waals surface area (Å²) in [5.41, 5.74) is 0. The van der Waals surface area contributed by atoms with Gasteiger partial charge in [-0.15, -0.1) is 0 Å². The molecule has 0 saturated heterocycles. The maximum Gasteiger partial charge on any atom is 0.275 e. The third kappa shape index (κ3) is 25.8. The van der Waals surface area contributed by atoms with E-state index in [1.807, 2.05) is 6.92 Å². The largest absolute Gasteiger partial charge is 0.394 e. The third-order valence-electron chi connectivity index (χ3n) is 5.15. The molecule has 0 radical (unpaired) electrons. The van der Waals surface area contributed by atoms with E-state index in [2.05, 4.69) is 27.7 Å². The summed E-state index contributed by atoms with van der Waals surface area (Å²) in [6.07, 6.45) is 10.8. The highest BCUT2D eigenvalue weighted by atomic mass is 16.7. The lowest BCUT2D eigenvalue weighted by Gasteiger charge is -2.20. The maximum atomic E-state index is 8.97. The summed E-state index contributed by atoms with van der Waals surface area (Å²) >= 11 is 0. The van der Waals surface area contributed by atoms with Crippen molar-refractivity contribution in [2.45, 2.75) is 118 Å². The fourth-order valence-corrected chi connectivity index (χ4v) is 3.36. The second-order valence-corrected chi connectivity index (χ2v) is 9.51. The van der Waals surface area contributed by atoms with Crippen molar-refractivity contribution in [1.29, 1.82) is 0 Å². The highest BCUT2D eigenvalue weighted by Crippen LogP contribution is 2.23. The Morgan fingerprint density at radius 2 is 0.929 bits per heavy atom. The Bertz CT molecular complexity index is 325. The minimum absolute atomic E-state index is 0.0370. The van der Waals surface area contributed by atoms with Gasteiger partial charge in [-0.3, -0.25) is 0 Å². The van der Waals surface area contributed by atoms with E-state index in [0.29, 0.717) is 0 Å². The molecule has 172 valence electrons. The standard InChI is InChI=1S/C20H42O3.C3H8O2/c1-16(2)9-6-10-17(3)11-7-12-18(4)13-8-14-19(5)15-20(21,22)23;1-3(5)2-4/h16-19,21-23H,6-15H2,1-5H3;3-5H,2H2,1H3. The Hall–Kier alpha value is -0.200. The van der Waals surface area contributed by atoms with Gasteiger partial charge in [0.1, 0.15) is 0 Å². The van der Waals surface area contributed by atoms with E-state index in [0.717, 1.165) is 30.6 Å².